The smallest absolute Gasteiger partial charge is 0.309 e. The second-order valence-electron chi connectivity index (χ2n) is 11.0. The first-order valence-corrected chi connectivity index (χ1v) is 13.7. The summed E-state index contributed by atoms with van der Waals surface area (Å²) in [6, 6.07) is 14.1. The van der Waals surface area contributed by atoms with E-state index in [2.05, 4.69) is 36.9 Å². The summed E-state index contributed by atoms with van der Waals surface area (Å²) < 4.78 is 11.0. The number of hydrogen-bond donors (Lipinski definition) is 0. The van der Waals surface area contributed by atoms with Gasteiger partial charge in [-0.25, -0.2) is 0 Å². The molecule has 1 aliphatic carbocycles. The van der Waals surface area contributed by atoms with Gasteiger partial charge in [-0.1, -0.05) is 25.1 Å². The number of piperidine rings is 1. The van der Waals surface area contributed by atoms with Crippen molar-refractivity contribution in [3.05, 3.63) is 59.2 Å². The molecule has 1 amide bonds. The van der Waals surface area contributed by atoms with Gasteiger partial charge in [-0.2, -0.15) is 0 Å². The van der Waals surface area contributed by atoms with Crippen molar-refractivity contribution in [2.75, 3.05) is 32.1 Å². The van der Waals surface area contributed by atoms with E-state index in [-0.39, 0.29) is 30.3 Å². The van der Waals surface area contributed by atoms with E-state index in [0.29, 0.717) is 0 Å². The third-order valence-corrected chi connectivity index (χ3v) is 7.98. The molecule has 0 aromatic heterocycles. The van der Waals surface area contributed by atoms with E-state index < -0.39 is 0 Å². The van der Waals surface area contributed by atoms with Crippen LogP contribution in [0.2, 0.25) is 0 Å². The van der Waals surface area contributed by atoms with Crippen LogP contribution in [0.1, 0.15) is 62.1 Å². The van der Waals surface area contributed by atoms with Crippen LogP contribution in [0.3, 0.4) is 0 Å². The molecule has 2 aliphatic rings. The van der Waals surface area contributed by atoms with E-state index in [1.54, 1.807) is 0 Å². The lowest BCUT2D eigenvalue weighted by Crippen LogP contribution is -2.37. The van der Waals surface area contributed by atoms with Gasteiger partial charge in [-0.3, -0.25) is 14.5 Å². The van der Waals surface area contributed by atoms with Crippen LogP contribution in [0, 0.1) is 18.8 Å². The van der Waals surface area contributed by atoms with Crippen molar-refractivity contribution in [3.8, 4) is 5.75 Å². The molecular formula is C31H42N2O4. The van der Waals surface area contributed by atoms with Crippen LogP contribution >= 0.6 is 0 Å². The summed E-state index contributed by atoms with van der Waals surface area (Å²) in [7, 11) is 3.30. The lowest BCUT2D eigenvalue weighted by Gasteiger charge is -2.32. The fraction of sp³-hybridized carbons (Fsp3) is 0.548. The highest BCUT2D eigenvalue weighted by Crippen LogP contribution is 2.31. The molecule has 0 unspecified atom stereocenters. The van der Waals surface area contributed by atoms with E-state index in [1.165, 1.54) is 44.2 Å². The van der Waals surface area contributed by atoms with Crippen molar-refractivity contribution in [3.63, 3.8) is 0 Å². The predicted molar refractivity (Wildman–Crippen MR) is 147 cm³/mol. The molecule has 2 aromatic rings. The Kier molecular flexibility index (Phi) is 9.25. The third kappa shape index (κ3) is 7.35. The van der Waals surface area contributed by atoms with Crippen molar-refractivity contribution in [2.45, 2.75) is 71.4 Å². The molecule has 0 N–H and O–H groups in total. The number of likely N-dealkylation sites (tertiary alicyclic amines) is 1. The Morgan fingerprint density at radius 2 is 1.84 bits per heavy atom. The Balaban J connectivity index is 1.28. The second kappa shape index (κ2) is 12.6. The molecule has 1 atom stereocenters. The Hall–Kier alpha value is -2.86. The van der Waals surface area contributed by atoms with Crippen LogP contribution < -0.4 is 9.64 Å². The second-order valence-corrected chi connectivity index (χ2v) is 11.0. The first kappa shape index (κ1) is 27.2. The average Bonchev–Trinajstić information content (AvgIpc) is 2.89. The summed E-state index contributed by atoms with van der Waals surface area (Å²) in [6.07, 6.45) is 6.26. The highest BCUT2D eigenvalue weighted by Gasteiger charge is 2.30. The number of aryl methyl sites for hydroxylation is 1. The number of hydrogen-bond acceptors (Lipinski definition) is 5. The van der Waals surface area contributed by atoms with Gasteiger partial charge in [0, 0.05) is 31.7 Å². The minimum Gasteiger partial charge on any atom is -0.490 e. The lowest BCUT2D eigenvalue weighted by molar-refractivity contribution is -0.139. The van der Waals surface area contributed by atoms with Gasteiger partial charge in [0.2, 0.25) is 5.91 Å². The van der Waals surface area contributed by atoms with Gasteiger partial charge < -0.3 is 14.4 Å². The molecule has 1 aliphatic heterocycles. The van der Waals surface area contributed by atoms with E-state index in [0.717, 1.165) is 55.1 Å². The third-order valence-electron chi connectivity index (χ3n) is 7.98. The van der Waals surface area contributed by atoms with E-state index in [1.807, 2.05) is 36.2 Å². The van der Waals surface area contributed by atoms with Gasteiger partial charge in [0.15, 0.2) is 0 Å². The number of esters is 1. The number of methoxy groups -OCH3 is 1. The van der Waals surface area contributed by atoms with Crippen molar-refractivity contribution in [1.29, 1.82) is 0 Å². The first-order chi connectivity index (χ1) is 17.8. The molecule has 1 saturated carbocycles. The standard InChI is InChI=1S/C31H42N2O4/c1-22-7-6-16-33(20-22)21-26-10-13-27(17-23(26)2)32(3)31(35)25-11-14-28(15-12-25)37-29-9-5-8-24(18-29)19-30(34)36-4/h5,8-10,13,17-18,22,25,28H,6-7,11-12,14-16,19-21H2,1-4H3/t22-,25?,28?/m1/s1. The molecule has 0 spiro atoms. The van der Waals surface area contributed by atoms with Crippen molar-refractivity contribution in [2.24, 2.45) is 11.8 Å². The van der Waals surface area contributed by atoms with E-state index in [9.17, 15) is 9.59 Å². The average molecular weight is 507 g/mol. The Morgan fingerprint density at radius 1 is 1.05 bits per heavy atom. The Bertz CT molecular complexity index is 1080. The van der Waals surface area contributed by atoms with Crippen LogP contribution in [-0.2, 0) is 27.3 Å². The van der Waals surface area contributed by atoms with Gasteiger partial charge in [-0.05, 0) is 98.9 Å². The minimum atomic E-state index is -0.262. The Labute approximate surface area is 221 Å². The fourth-order valence-corrected chi connectivity index (χ4v) is 5.73. The maximum Gasteiger partial charge on any atom is 0.309 e. The molecule has 0 radical (unpaired) electrons. The van der Waals surface area contributed by atoms with Crippen LogP contribution in [0.5, 0.6) is 5.75 Å². The molecular weight excluding hydrogens is 464 g/mol. The zero-order chi connectivity index (χ0) is 26.4. The number of anilines is 1. The molecule has 1 saturated heterocycles. The van der Waals surface area contributed by atoms with Gasteiger partial charge in [0.25, 0.3) is 0 Å². The number of nitrogens with zero attached hydrogens (tertiary/aromatic N) is 2. The van der Waals surface area contributed by atoms with Crippen molar-refractivity contribution in [1.82, 2.24) is 4.90 Å². The molecule has 6 nitrogen and oxygen atoms in total. The lowest BCUT2D eigenvalue weighted by atomic mass is 9.86. The predicted octanol–water partition coefficient (Wildman–Crippen LogP) is 5.54. The maximum absolute atomic E-state index is 13.3. The van der Waals surface area contributed by atoms with E-state index >= 15 is 0 Å². The molecule has 1 heterocycles. The summed E-state index contributed by atoms with van der Waals surface area (Å²) >= 11 is 0. The summed E-state index contributed by atoms with van der Waals surface area (Å²) in [5.41, 5.74) is 4.45. The zero-order valence-electron chi connectivity index (χ0n) is 22.9. The minimum absolute atomic E-state index is 0.0188. The van der Waals surface area contributed by atoms with E-state index in [4.69, 9.17) is 9.47 Å². The summed E-state index contributed by atoms with van der Waals surface area (Å²) in [4.78, 5) is 29.3. The summed E-state index contributed by atoms with van der Waals surface area (Å²) in [5.74, 6) is 1.49. The number of ether oxygens (including phenoxy) is 2. The van der Waals surface area contributed by atoms with Crippen LogP contribution in [0.25, 0.3) is 0 Å². The van der Waals surface area contributed by atoms with Gasteiger partial charge >= 0.3 is 5.97 Å². The van der Waals surface area contributed by atoms with Crippen LogP contribution in [-0.4, -0.2) is 50.1 Å². The molecule has 37 heavy (non-hydrogen) atoms. The Morgan fingerprint density at radius 3 is 2.54 bits per heavy atom. The molecule has 0 bridgehead atoms. The summed E-state index contributed by atoms with van der Waals surface area (Å²) in [5, 5.41) is 0. The van der Waals surface area contributed by atoms with Gasteiger partial charge in [0.1, 0.15) is 5.75 Å². The number of amides is 1. The molecule has 6 heteroatoms. The van der Waals surface area contributed by atoms with Gasteiger partial charge in [0.05, 0.1) is 19.6 Å². The van der Waals surface area contributed by atoms with Crippen molar-refractivity contribution < 1.29 is 19.1 Å². The number of carbonyl (C=O) groups excluding carboxylic acids is 2. The topological polar surface area (TPSA) is 59.1 Å². The molecule has 2 aromatic carbocycles. The number of benzene rings is 2. The van der Waals surface area contributed by atoms with Crippen LogP contribution in [0.15, 0.2) is 42.5 Å². The number of rotatable bonds is 8. The first-order valence-electron chi connectivity index (χ1n) is 13.7. The molecule has 4 rings (SSSR count). The fourth-order valence-electron chi connectivity index (χ4n) is 5.73. The van der Waals surface area contributed by atoms with Crippen molar-refractivity contribution >= 4 is 17.6 Å². The summed E-state index contributed by atoms with van der Waals surface area (Å²) in [6.45, 7) is 7.84. The normalized spacial score (nSPS) is 22.3. The number of carbonyl (C=O) groups is 2. The molecule has 200 valence electrons. The maximum atomic E-state index is 13.3. The largest absolute Gasteiger partial charge is 0.490 e. The monoisotopic (exact) mass is 506 g/mol. The van der Waals surface area contributed by atoms with Crippen LogP contribution in [0.4, 0.5) is 5.69 Å². The quantitative estimate of drug-likeness (QED) is 0.440. The zero-order valence-corrected chi connectivity index (χ0v) is 22.9. The molecule has 2 fully saturated rings. The SMILES string of the molecule is COC(=O)Cc1cccc(OC2CCC(C(=O)N(C)c3ccc(CN4CCC[C@@H](C)C4)c(C)c3)CC2)c1. The van der Waals surface area contributed by atoms with Gasteiger partial charge in [-0.15, -0.1) is 0 Å². The highest BCUT2D eigenvalue weighted by molar-refractivity contribution is 5.94. The highest BCUT2D eigenvalue weighted by atomic mass is 16.5.